The number of aromatic nitrogens is 1. The summed E-state index contributed by atoms with van der Waals surface area (Å²) in [5.74, 6) is -1.53. The number of halogens is 2. The third kappa shape index (κ3) is 3.23. The minimum absolute atomic E-state index is 0.150. The Morgan fingerprint density at radius 1 is 1.08 bits per heavy atom. The van der Waals surface area contributed by atoms with Crippen LogP contribution in [0.4, 0.5) is 5.69 Å². The molecule has 0 aliphatic carbocycles. The number of aromatic carboxylic acids is 1. The van der Waals surface area contributed by atoms with E-state index in [4.69, 9.17) is 23.2 Å². The van der Waals surface area contributed by atoms with Crippen LogP contribution in [0.3, 0.4) is 0 Å². The van der Waals surface area contributed by atoms with Crippen molar-refractivity contribution < 1.29 is 14.7 Å². The van der Waals surface area contributed by atoms with Crippen LogP contribution >= 0.6 is 23.2 Å². The van der Waals surface area contributed by atoms with Gasteiger partial charge < -0.3 is 10.4 Å². The van der Waals surface area contributed by atoms with Crippen LogP contribution in [-0.4, -0.2) is 22.0 Å². The normalized spacial score (nSPS) is 10.7. The van der Waals surface area contributed by atoms with Crippen LogP contribution in [0, 0.1) is 0 Å². The standard InChI is InChI=1S/C19H14Cl2N2O3/c1-2-10-9-22-17-11(15(10)19(25)26)5-3-8-14(17)23-18(24)16-12(20)6-4-7-13(16)21/h3-9H,2H2,1H3,(H,23,24)(H,25,26). The fourth-order valence-electron chi connectivity index (χ4n) is 2.79. The van der Waals surface area contributed by atoms with Gasteiger partial charge in [-0.05, 0) is 30.2 Å². The van der Waals surface area contributed by atoms with E-state index in [0.717, 1.165) is 0 Å². The molecule has 0 saturated carbocycles. The largest absolute Gasteiger partial charge is 0.478 e. The van der Waals surface area contributed by atoms with Crippen molar-refractivity contribution in [2.24, 2.45) is 0 Å². The fraction of sp³-hybridized carbons (Fsp3) is 0.105. The molecule has 7 heteroatoms. The first-order valence-corrected chi connectivity index (χ1v) is 8.58. The zero-order chi connectivity index (χ0) is 18.8. The Hall–Kier alpha value is -2.63. The molecule has 1 heterocycles. The Balaban J connectivity index is 2.11. The van der Waals surface area contributed by atoms with Gasteiger partial charge in [-0.3, -0.25) is 9.78 Å². The average Bonchev–Trinajstić information content (AvgIpc) is 2.60. The van der Waals surface area contributed by atoms with E-state index in [0.29, 0.717) is 28.6 Å². The summed E-state index contributed by atoms with van der Waals surface area (Å²) in [4.78, 5) is 28.6. The molecule has 0 unspecified atom stereocenters. The number of rotatable bonds is 4. The van der Waals surface area contributed by atoms with Gasteiger partial charge in [0.25, 0.3) is 5.91 Å². The molecule has 0 fully saturated rings. The predicted molar refractivity (Wildman–Crippen MR) is 102 cm³/mol. The molecule has 0 spiro atoms. The number of para-hydroxylation sites is 1. The van der Waals surface area contributed by atoms with Gasteiger partial charge >= 0.3 is 5.97 Å². The number of carboxylic acid groups (broad SMARTS) is 1. The maximum absolute atomic E-state index is 12.6. The molecule has 0 aliphatic heterocycles. The maximum atomic E-state index is 12.6. The highest BCUT2D eigenvalue weighted by atomic mass is 35.5. The molecule has 0 aliphatic rings. The first-order valence-electron chi connectivity index (χ1n) is 7.83. The SMILES string of the molecule is CCc1cnc2c(NC(=O)c3c(Cl)cccc3Cl)cccc2c1C(=O)O. The smallest absolute Gasteiger partial charge is 0.336 e. The minimum atomic E-state index is -1.04. The number of nitrogens with zero attached hydrogens (tertiary/aromatic N) is 1. The van der Waals surface area contributed by atoms with Crippen LogP contribution in [0.15, 0.2) is 42.6 Å². The highest BCUT2D eigenvalue weighted by Crippen LogP contribution is 2.29. The predicted octanol–water partition coefficient (Wildman–Crippen LogP) is 5.05. The second-order valence-electron chi connectivity index (χ2n) is 5.57. The van der Waals surface area contributed by atoms with Crippen molar-refractivity contribution in [2.75, 3.05) is 5.32 Å². The van der Waals surface area contributed by atoms with Crippen molar-refractivity contribution in [1.82, 2.24) is 4.98 Å². The number of hydrogen-bond acceptors (Lipinski definition) is 3. The fourth-order valence-corrected chi connectivity index (χ4v) is 3.35. The second-order valence-corrected chi connectivity index (χ2v) is 6.38. The number of benzene rings is 2. The molecule has 26 heavy (non-hydrogen) atoms. The summed E-state index contributed by atoms with van der Waals surface area (Å²) >= 11 is 12.2. The van der Waals surface area contributed by atoms with Crippen molar-refractivity contribution >= 4 is 51.7 Å². The van der Waals surface area contributed by atoms with E-state index >= 15 is 0 Å². The monoisotopic (exact) mass is 388 g/mol. The molecule has 1 aromatic heterocycles. The van der Waals surface area contributed by atoms with Gasteiger partial charge in [0, 0.05) is 11.6 Å². The zero-order valence-electron chi connectivity index (χ0n) is 13.7. The first-order chi connectivity index (χ1) is 12.4. The summed E-state index contributed by atoms with van der Waals surface area (Å²) in [6, 6.07) is 9.77. The van der Waals surface area contributed by atoms with Gasteiger partial charge in [0.15, 0.2) is 0 Å². The molecule has 0 bridgehead atoms. The van der Waals surface area contributed by atoms with Crippen molar-refractivity contribution in [3.8, 4) is 0 Å². The maximum Gasteiger partial charge on any atom is 0.336 e. The molecular weight excluding hydrogens is 375 g/mol. The van der Waals surface area contributed by atoms with Crippen molar-refractivity contribution in [3.05, 3.63) is 69.3 Å². The number of fused-ring (bicyclic) bond motifs is 1. The number of hydrogen-bond donors (Lipinski definition) is 2. The number of anilines is 1. The number of pyridine rings is 1. The van der Waals surface area contributed by atoms with Crippen LogP contribution in [-0.2, 0) is 6.42 Å². The molecule has 3 rings (SSSR count). The van der Waals surface area contributed by atoms with Crippen LogP contribution in [0.5, 0.6) is 0 Å². The highest BCUT2D eigenvalue weighted by molar-refractivity contribution is 6.40. The summed E-state index contributed by atoms with van der Waals surface area (Å²) in [5.41, 5.74) is 1.73. The number of carbonyl (C=O) groups excluding carboxylic acids is 1. The average molecular weight is 389 g/mol. The molecular formula is C19H14Cl2N2O3. The lowest BCUT2D eigenvalue weighted by Gasteiger charge is -2.13. The Bertz CT molecular complexity index is 1010. The lowest BCUT2D eigenvalue weighted by atomic mass is 10.0. The van der Waals surface area contributed by atoms with Crippen LogP contribution < -0.4 is 5.32 Å². The van der Waals surface area contributed by atoms with Crippen molar-refractivity contribution in [3.63, 3.8) is 0 Å². The lowest BCUT2D eigenvalue weighted by Crippen LogP contribution is -2.14. The molecule has 2 aromatic carbocycles. The van der Waals surface area contributed by atoms with Crippen molar-refractivity contribution in [1.29, 1.82) is 0 Å². The van der Waals surface area contributed by atoms with E-state index in [1.807, 2.05) is 6.92 Å². The Labute approximate surface area is 159 Å². The Morgan fingerprint density at radius 2 is 1.73 bits per heavy atom. The zero-order valence-corrected chi connectivity index (χ0v) is 15.2. The number of carbonyl (C=O) groups is 2. The first kappa shape index (κ1) is 18.2. The summed E-state index contributed by atoms with van der Waals surface area (Å²) in [6.45, 7) is 1.86. The Kier molecular flexibility index (Phi) is 5.11. The van der Waals surface area contributed by atoms with E-state index in [-0.39, 0.29) is 21.2 Å². The van der Waals surface area contributed by atoms with E-state index in [9.17, 15) is 14.7 Å². The summed E-state index contributed by atoms with van der Waals surface area (Å²) < 4.78 is 0. The summed E-state index contributed by atoms with van der Waals surface area (Å²) in [7, 11) is 0. The quantitative estimate of drug-likeness (QED) is 0.654. The molecule has 0 saturated heterocycles. The van der Waals surface area contributed by atoms with Crippen LogP contribution in [0.25, 0.3) is 10.9 Å². The molecule has 132 valence electrons. The molecule has 0 radical (unpaired) electrons. The molecule has 3 aromatic rings. The van der Waals surface area contributed by atoms with Gasteiger partial charge in [-0.2, -0.15) is 0 Å². The van der Waals surface area contributed by atoms with Gasteiger partial charge in [0.2, 0.25) is 0 Å². The minimum Gasteiger partial charge on any atom is -0.478 e. The van der Waals surface area contributed by atoms with Gasteiger partial charge in [-0.25, -0.2) is 4.79 Å². The van der Waals surface area contributed by atoms with Crippen molar-refractivity contribution in [2.45, 2.75) is 13.3 Å². The van der Waals surface area contributed by atoms with E-state index in [1.54, 1.807) is 36.4 Å². The third-order valence-electron chi connectivity index (χ3n) is 4.01. The van der Waals surface area contributed by atoms with Gasteiger partial charge in [0.1, 0.15) is 0 Å². The van der Waals surface area contributed by atoms with Crippen LogP contribution in [0.2, 0.25) is 10.0 Å². The lowest BCUT2D eigenvalue weighted by molar-refractivity contribution is 0.0697. The van der Waals surface area contributed by atoms with E-state index < -0.39 is 11.9 Å². The number of aryl methyl sites for hydroxylation is 1. The van der Waals surface area contributed by atoms with Gasteiger partial charge in [-0.1, -0.05) is 48.3 Å². The third-order valence-corrected chi connectivity index (χ3v) is 4.64. The molecule has 5 nitrogen and oxygen atoms in total. The van der Waals surface area contributed by atoms with Crippen LogP contribution in [0.1, 0.15) is 33.2 Å². The second kappa shape index (κ2) is 7.32. The van der Waals surface area contributed by atoms with Gasteiger partial charge in [0.05, 0.1) is 32.4 Å². The van der Waals surface area contributed by atoms with E-state index in [1.165, 1.54) is 6.20 Å². The number of nitrogens with one attached hydrogen (secondary N) is 1. The molecule has 1 amide bonds. The highest BCUT2D eigenvalue weighted by Gasteiger charge is 2.19. The van der Waals surface area contributed by atoms with E-state index in [2.05, 4.69) is 10.3 Å². The van der Waals surface area contributed by atoms with Gasteiger partial charge in [-0.15, -0.1) is 0 Å². The Morgan fingerprint density at radius 3 is 2.35 bits per heavy atom. The number of amides is 1. The molecule has 0 atom stereocenters. The summed E-state index contributed by atoms with van der Waals surface area (Å²) in [5, 5.41) is 13.2. The number of carboxylic acids is 1. The topological polar surface area (TPSA) is 79.3 Å². The molecule has 2 N–H and O–H groups in total. The summed E-state index contributed by atoms with van der Waals surface area (Å²) in [6.07, 6.45) is 2.06.